The second kappa shape index (κ2) is 5.66. The number of nitrogens with one attached hydrogen (secondary N) is 1. The molecule has 4 nitrogen and oxygen atoms in total. The molecular formula is C21H27NO3. The fourth-order valence-corrected chi connectivity index (χ4v) is 5.42. The molecule has 1 heterocycles. The van der Waals surface area contributed by atoms with Gasteiger partial charge in [0.25, 0.3) is 0 Å². The quantitative estimate of drug-likeness (QED) is 0.840. The number of rotatable bonds is 2. The van der Waals surface area contributed by atoms with Gasteiger partial charge in [0.05, 0.1) is 12.5 Å². The minimum Gasteiger partial charge on any atom is -0.381 e. The van der Waals surface area contributed by atoms with Crippen LogP contribution >= 0.6 is 0 Å². The van der Waals surface area contributed by atoms with Crippen LogP contribution in [-0.2, 0) is 26.3 Å². The fraction of sp³-hybridized carbons (Fsp3) is 0.619. The van der Waals surface area contributed by atoms with Crippen LogP contribution in [0.1, 0.15) is 68.6 Å². The summed E-state index contributed by atoms with van der Waals surface area (Å²) in [6.45, 7) is 4.33. The van der Waals surface area contributed by atoms with Gasteiger partial charge in [0.1, 0.15) is 5.54 Å². The topological polar surface area (TPSA) is 55.4 Å². The van der Waals surface area contributed by atoms with Crippen LogP contribution < -0.4 is 5.32 Å². The number of Topliss-reactive ketones (excluding diaryl/α,β-unsaturated/α-hetero) is 1. The minimum absolute atomic E-state index is 0.0147. The lowest BCUT2D eigenvalue weighted by Crippen LogP contribution is -2.56. The van der Waals surface area contributed by atoms with E-state index in [1.165, 1.54) is 11.1 Å². The van der Waals surface area contributed by atoms with Crippen molar-refractivity contribution in [2.45, 2.75) is 69.9 Å². The highest BCUT2D eigenvalue weighted by Crippen LogP contribution is 2.60. The van der Waals surface area contributed by atoms with Crippen LogP contribution in [0.15, 0.2) is 18.2 Å². The van der Waals surface area contributed by atoms with Gasteiger partial charge in [-0.3, -0.25) is 9.59 Å². The van der Waals surface area contributed by atoms with Crippen LogP contribution in [0.2, 0.25) is 0 Å². The van der Waals surface area contributed by atoms with Crippen LogP contribution in [0, 0.1) is 5.41 Å². The maximum Gasteiger partial charge on any atom is 0.228 e. The predicted octanol–water partition coefficient (Wildman–Crippen LogP) is 3.23. The van der Waals surface area contributed by atoms with Crippen LogP contribution in [0.3, 0.4) is 0 Å². The maximum absolute atomic E-state index is 13.2. The Labute approximate surface area is 149 Å². The van der Waals surface area contributed by atoms with Crippen molar-refractivity contribution >= 4 is 11.7 Å². The summed E-state index contributed by atoms with van der Waals surface area (Å²) in [6.07, 6.45) is 4.90. The number of ether oxygens (including phenoxy) is 1. The first-order valence-electron chi connectivity index (χ1n) is 9.42. The molecule has 4 rings (SSSR count). The van der Waals surface area contributed by atoms with Crippen LogP contribution in [-0.4, -0.2) is 24.9 Å². The normalized spacial score (nSPS) is 34.2. The Bertz CT molecular complexity index is 731. The molecule has 1 amide bonds. The maximum atomic E-state index is 13.2. The second-order valence-corrected chi connectivity index (χ2v) is 8.36. The molecule has 2 aliphatic carbocycles. The standard InChI is InChI=1S/C21H27NO3/c1-13(2)14-4-5-15-12-20(8-6-16(25-3)7-9-20)21(17(15)10-14)18(23)11-19(24)22-21/h4-5,10,13,16H,6-9,11-12H2,1-3H3,(H,22,24). The van der Waals surface area contributed by atoms with Crippen molar-refractivity contribution in [2.75, 3.05) is 7.11 Å². The van der Waals surface area contributed by atoms with Gasteiger partial charge in [0.15, 0.2) is 5.78 Å². The van der Waals surface area contributed by atoms with E-state index < -0.39 is 5.54 Å². The SMILES string of the molecule is COC1CCC2(CC1)Cc1ccc(C(C)C)cc1C21NC(=O)CC1=O. The van der Waals surface area contributed by atoms with E-state index in [0.29, 0.717) is 5.92 Å². The largest absolute Gasteiger partial charge is 0.381 e. The van der Waals surface area contributed by atoms with Gasteiger partial charge < -0.3 is 10.1 Å². The second-order valence-electron chi connectivity index (χ2n) is 8.36. The highest BCUT2D eigenvalue weighted by molar-refractivity contribution is 6.11. The van der Waals surface area contributed by atoms with E-state index in [0.717, 1.165) is 37.7 Å². The molecule has 0 radical (unpaired) electrons. The highest BCUT2D eigenvalue weighted by Gasteiger charge is 2.65. The van der Waals surface area contributed by atoms with Gasteiger partial charge in [-0.05, 0) is 54.7 Å². The molecule has 1 N–H and O–H groups in total. The lowest BCUT2D eigenvalue weighted by molar-refractivity contribution is -0.129. The predicted molar refractivity (Wildman–Crippen MR) is 95.4 cm³/mol. The Morgan fingerprint density at radius 1 is 1.20 bits per heavy atom. The molecule has 0 aromatic heterocycles. The Morgan fingerprint density at radius 3 is 2.48 bits per heavy atom. The molecule has 134 valence electrons. The first kappa shape index (κ1) is 16.8. The van der Waals surface area contributed by atoms with Gasteiger partial charge in [-0.1, -0.05) is 32.0 Å². The van der Waals surface area contributed by atoms with Gasteiger partial charge >= 0.3 is 0 Å². The van der Waals surface area contributed by atoms with Gasteiger partial charge in [-0.15, -0.1) is 0 Å². The number of hydrogen-bond donors (Lipinski definition) is 1. The Morgan fingerprint density at radius 2 is 1.92 bits per heavy atom. The monoisotopic (exact) mass is 341 g/mol. The molecule has 1 aliphatic heterocycles. The van der Waals surface area contributed by atoms with Gasteiger partial charge in [-0.25, -0.2) is 0 Å². The molecular weight excluding hydrogens is 314 g/mol. The zero-order valence-corrected chi connectivity index (χ0v) is 15.4. The third kappa shape index (κ3) is 2.23. The lowest BCUT2D eigenvalue weighted by Gasteiger charge is -2.47. The molecule has 1 aromatic rings. The van der Waals surface area contributed by atoms with Crippen molar-refractivity contribution in [3.8, 4) is 0 Å². The van der Waals surface area contributed by atoms with Crippen LogP contribution in [0.25, 0.3) is 0 Å². The molecule has 3 aliphatic rings. The third-order valence-electron chi connectivity index (χ3n) is 6.82. The van der Waals surface area contributed by atoms with E-state index in [4.69, 9.17) is 4.74 Å². The summed E-state index contributed by atoms with van der Waals surface area (Å²) >= 11 is 0. The zero-order chi connectivity index (χ0) is 17.8. The van der Waals surface area contributed by atoms with Crippen molar-refractivity contribution in [3.05, 3.63) is 34.9 Å². The summed E-state index contributed by atoms with van der Waals surface area (Å²) in [4.78, 5) is 25.4. The third-order valence-corrected chi connectivity index (χ3v) is 6.82. The number of ketones is 1. The molecule has 2 fully saturated rings. The molecule has 1 unspecified atom stereocenters. The Kier molecular flexibility index (Phi) is 3.80. The summed E-state index contributed by atoms with van der Waals surface area (Å²) < 4.78 is 5.55. The molecule has 0 bridgehead atoms. The van der Waals surface area contributed by atoms with Crippen molar-refractivity contribution in [3.63, 3.8) is 0 Å². The molecule has 1 saturated heterocycles. The number of methoxy groups -OCH3 is 1. The van der Waals surface area contributed by atoms with Crippen LogP contribution in [0.5, 0.6) is 0 Å². The van der Waals surface area contributed by atoms with Crippen molar-refractivity contribution in [1.29, 1.82) is 0 Å². The van der Waals surface area contributed by atoms with E-state index in [-0.39, 0.29) is 29.6 Å². The van der Waals surface area contributed by atoms with Gasteiger partial charge in [0, 0.05) is 12.5 Å². The summed E-state index contributed by atoms with van der Waals surface area (Å²) in [7, 11) is 1.76. The van der Waals surface area contributed by atoms with E-state index in [9.17, 15) is 9.59 Å². The zero-order valence-electron chi connectivity index (χ0n) is 15.4. The summed E-state index contributed by atoms with van der Waals surface area (Å²) in [5, 5.41) is 3.17. The molecule has 1 atom stereocenters. The average Bonchev–Trinajstić information content (AvgIpc) is 3.04. The Hall–Kier alpha value is -1.68. The fourth-order valence-electron chi connectivity index (χ4n) is 5.42. The number of hydrogen-bond acceptors (Lipinski definition) is 3. The number of fused-ring (bicyclic) bond motifs is 3. The molecule has 25 heavy (non-hydrogen) atoms. The summed E-state index contributed by atoms with van der Waals surface area (Å²) in [5.74, 6) is 0.337. The first-order valence-corrected chi connectivity index (χ1v) is 9.42. The van der Waals surface area contributed by atoms with Crippen molar-refractivity contribution in [1.82, 2.24) is 5.32 Å². The number of amides is 1. The van der Waals surface area contributed by atoms with E-state index >= 15 is 0 Å². The summed E-state index contributed by atoms with van der Waals surface area (Å²) in [5.41, 5.74) is 2.52. The number of carbonyl (C=O) groups is 2. The van der Waals surface area contributed by atoms with Crippen molar-refractivity contribution < 1.29 is 14.3 Å². The van der Waals surface area contributed by atoms with Crippen LogP contribution in [0.4, 0.5) is 0 Å². The van der Waals surface area contributed by atoms with E-state index in [1.54, 1.807) is 7.11 Å². The molecule has 2 spiro atoms. The summed E-state index contributed by atoms with van der Waals surface area (Å²) in [6, 6.07) is 6.54. The number of carbonyl (C=O) groups excluding carboxylic acids is 2. The number of benzene rings is 1. The van der Waals surface area contributed by atoms with Crippen molar-refractivity contribution in [2.24, 2.45) is 5.41 Å². The smallest absolute Gasteiger partial charge is 0.228 e. The van der Waals surface area contributed by atoms with E-state index in [1.807, 2.05) is 0 Å². The molecule has 1 saturated carbocycles. The first-order chi connectivity index (χ1) is 11.9. The average molecular weight is 341 g/mol. The minimum atomic E-state index is -0.816. The Balaban J connectivity index is 1.85. The van der Waals surface area contributed by atoms with E-state index in [2.05, 4.69) is 37.4 Å². The van der Waals surface area contributed by atoms with Gasteiger partial charge in [-0.2, -0.15) is 0 Å². The van der Waals surface area contributed by atoms with Gasteiger partial charge in [0.2, 0.25) is 5.91 Å². The lowest BCUT2D eigenvalue weighted by atomic mass is 9.60. The molecule has 1 aromatic carbocycles. The molecule has 4 heteroatoms. The highest BCUT2D eigenvalue weighted by atomic mass is 16.5.